The molecular formula is C37H41N3O6. The lowest BCUT2D eigenvalue weighted by molar-refractivity contribution is -0.384. The summed E-state index contributed by atoms with van der Waals surface area (Å²) >= 11 is 0. The van der Waals surface area contributed by atoms with E-state index in [0.717, 1.165) is 19.5 Å². The van der Waals surface area contributed by atoms with E-state index in [1.54, 1.807) is 32.9 Å². The molecular weight excluding hydrogens is 582 g/mol. The third-order valence-electron chi connectivity index (χ3n) is 9.02. The van der Waals surface area contributed by atoms with Crippen LogP contribution >= 0.6 is 0 Å². The maximum Gasteiger partial charge on any atom is 0.337 e. The maximum atomic E-state index is 14.1. The molecule has 0 amide bonds. The van der Waals surface area contributed by atoms with E-state index in [1.807, 2.05) is 19.1 Å². The van der Waals surface area contributed by atoms with Crippen LogP contribution < -0.4 is 0 Å². The van der Waals surface area contributed by atoms with Crippen LogP contribution in [0.3, 0.4) is 0 Å². The molecule has 2 aliphatic heterocycles. The topological polar surface area (TPSA) is 111 Å². The highest BCUT2D eigenvalue weighted by Crippen LogP contribution is 2.42. The van der Waals surface area contributed by atoms with Crippen LogP contribution in [0.2, 0.25) is 0 Å². The van der Waals surface area contributed by atoms with E-state index < -0.39 is 34.3 Å². The molecule has 1 fully saturated rings. The van der Waals surface area contributed by atoms with Crippen LogP contribution in [-0.4, -0.2) is 59.3 Å². The fraction of sp³-hybridized carbons (Fsp3) is 0.378. The van der Waals surface area contributed by atoms with Gasteiger partial charge in [-0.3, -0.25) is 24.8 Å². The fourth-order valence-corrected chi connectivity index (χ4v) is 6.82. The zero-order chi connectivity index (χ0) is 32.8. The van der Waals surface area contributed by atoms with Crippen molar-refractivity contribution in [1.29, 1.82) is 0 Å². The Morgan fingerprint density at radius 1 is 1.02 bits per heavy atom. The van der Waals surface area contributed by atoms with Gasteiger partial charge in [-0.25, -0.2) is 4.79 Å². The van der Waals surface area contributed by atoms with Gasteiger partial charge in [-0.2, -0.15) is 0 Å². The van der Waals surface area contributed by atoms with Crippen LogP contribution in [0.25, 0.3) is 0 Å². The van der Waals surface area contributed by atoms with Gasteiger partial charge in [-0.05, 0) is 57.4 Å². The Bertz CT molecular complexity index is 1600. The third kappa shape index (κ3) is 7.26. The zero-order valence-electron chi connectivity index (χ0n) is 26.8. The average Bonchev–Trinajstić information content (AvgIpc) is 3.41. The largest absolute Gasteiger partial charge is 0.465 e. The molecule has 3 aromatic carbocycles. The fourth-order valence-electron chi connectivity index (χ4n) is 6.82. The van der Waals surface area contributed by atoms with Crippen LogP contribution in [-0.2, 0) is 19.1 Å². The first-order valence-corrected chi connectivity index (χ1v) is 15.8. The first-order chi connectivity index (χ1) is 22.1. The summed E-state index contributed by atoms with van der Waals surface area (Å²) in [6.07, 6.45) is 1.56. The van der Waals surface area contributed by atoms with Gasteiger partial charge in [0.25, 0.3) is 5.69 Å². The Hall–Kier alpha value is -4.63. The van der Waals surface area contributed by atoms with Crippen LogP contribution in [0, 0.1) is 16.0 Å². The molecule has 2 heterocycles. The summed E-state index contributed by atoms with van der Waals surface area (Å²) in [5.74, 6) is -2.64. The van der Waals surface area contributed by atoms with Crippen LogP contribution in [0.15, 0.2) is 101 Å². The van der Waals surface area contributed by atoms with Crippen molar-refractivity contribution >= 4 is 23.3 Å². The molecule has 0 aromatic heterocycles. The lowest BCUT2D eigenvalue weighted by Gasteiger charge is -2.33. The molecule has 1 saturated heterocycles. The van der Waals surface area contributed by atoms with Gasteiger partial charge in [0.15, 0.2) is 0 Å². The minimum absolute atomic E-state index is 0.131. The van der Waals surface area contributed by atoms with Gasteiger partial charge in [0.05, 0.1) is 17.1 Å². The highest BCUT2D eigenvalue weighted by Gasteiger charge is 2.45. The van der Waals surface area contributed by atoms with Gasteiger partial charge < -0.3 is 9.47 Å². The monoisotopic (exact) mass is 623 g/mol. The van der Waals surface area contributed by atoms with E-state index in [2.05, 4.69) is 58.4 Å². The Morgan fingerprint density at radius 2 is 1.67 bits per heavy atom. The van der Waals surface area contributed by atoms with E-state index >= 15 is 0 Å². The number of carbonyl (C=O) groups excluding carboxylic acids is 2. The molecule has 2 aliphatic rings. The van der Waals surface area contributed by atoms with Crippen molar-refractivity contribution in [2.45, 2.75) is 58.0 Å². The molecule has 9 nitrogen and oxygen atoms in total. The smallest absolute Gasteiger partial charge is 0.337 e. The van der Waals surface area contributed by atoms with E-state index in [9.17, 15) is 19.7 Å². The van der Waals surface area contributed by atoms with E-state index in [-0.39, 0.29) is 23.8 Å². The van der Waals surface area contributed by atoms with Crippen LogP contribution in [0.5, 0.6) is 0 Å². The molecule has 0 bridgehead atoms. The van der Waals surface area contributed by atoms with Crippen molar-refractivity contribution in [2.75, 3.05) is 26.2 Å². The number of ether oxygens (including phenoxy) is 2. The highest BCUT2D eigenvalue weighted by atomic mass is 16.6. The van der Waals surface area contributed by atoms with E-state index in [0.29, 0.717) is 29.9 Å². The number of non-ortho nitro benzene ring substituents is 1. The second-order valence-corrected chi connectivity index (χ2v) is 12.3. The number of nitro benzene ring substituents is 1. The molecule has 9 heteroatoms. The van der Waals surface area contributed by atoms with E-state index in [4.69, 9.17) is 9.47 Å². The van der Waals surface area contributed by atoms with Crippen molar-refractivity contribution in [2.24, 2.45) is 10.9 Å². The number of rotatable bonds is 11. The number of nitrogens with zero attached hydrogens (tertiary/aromatic N) is 3. The lowest BCUT2D eigenvalue weighted by atomic mass is 9.75. The summed E-state index contributed by atoms with van der Waals surface area (Å²) in [7, 11) is 0. The van der Waals surface area contributed by atoms with Crippen LogP contribution in [0.1, 0.15) is 69.1 Å². The minimum Gasteiger partial charge on any atom is -0.465 e. The van der Waals surface area contributed by atoms with Crippen LogP contribution in [0.4, 0.5) is 5.69 Å². The zero-order valence-corrected chi connectivity index (χ0v) is 26.8. The molecule has 0 aliphatic carbocycles. The van der Waals surface area contributed by atoms with Gasteiger partial charge in [0, 0.05) is 54.9 Å². The summed E-state index contributed by atoms with van der Waals surface area (Å²) in [4.78, 5) is 45.4. The molecule has 0 spiro atoms. The summed E-state index contributed by atoms with van der Waals surface area (Å²) in [6.45, 7) is 9.38. The number of esters is 2. The molecule has 3 unspecified atom stereocenters. The SMILES string of the molecule is CCOC(=O)C1C(C)=NC(C)=C(C(=O)OC2(C)CCN(CCC(c3ccccc3)c3ccccc3)C2)C1c1cccc([N+](=O)[O-])c1. The molecule has 46 heavy (non-hydrogen) atoms. The van der Waals surface area contributed by atoms with Crippen molar-refractivity contribution < 1.29 is 24.0 Å². The number of aliphatic imine (C=N–C) groups is 1. The predicted octanol–water partition coefficient (Wildman–Crippen LogP) is 6.84. The summed E-state index contributed by atoms with van der Waals surface area (Å²) in [5.41, 5.74) is 3.22. The molecule has 3 atom stereocenters. The minimum atomic E-state index is -0.922. The molecule has 0 N–H and O–H groups in total. The molecule has 0 radical (unpaired) electrons. The van der Waals surface area contributed by atoms with Crippen molar-refractivity contribution in [3.05, 3.63) is 123 Å². The second kappa shape index (κ2) is 14.2. The normalized spacial score (nSPS) is 21.6. The van der Waals surface area contributed by atoms with Crippen molar-refractivity contribution in [1.82, 2.24) is 4.90 Å². The Kier molecular flexibility index (Phi) is 10.1. The first-order valence-electron chi connectivity index (χ1n) is 15.8. The van der Waals surface area contributed by atoms with Gasteiger partial charge in [-0.1, -0.05) is 72.8 Å². The number of carbonyl (C=O) groups is 2. The van der Waals surface area contributed by atoms with Gasteiger partial charge in [0.1, 0.15) is 11.5 Å². The summed E-state index contributed by atoms with van der Waals surface area (Å²) in [6, 6.07) is 27.0. The Morgan fingerprint density at radius 3 is 2.28 bits per heavy atom. The number of allylic oxidation sites excluding steroid dienone is 1. The Labute approximate surface area is 270 Å². The lowest BCUT2D eigenvalue weighted by Crippen LogP contribution is -2.40. The number of likely N-dealkylation sites (tertiary alicyclic amines) is 1. The summed E-state index contributed by atoms with van der Waals surface area (Å²) in [5, 5.41) is 11.6. The molecule has 0 saturated carbocycles. The number of hydrogen-bond donors (Lipinski definition) is 0. The molecule has 240 valence electrons. The molecule has 5 rings (SSSR count). The highest BCUT2D eigenvalue weighted by molar-refractivity contribution is 6.07. The summed E-state index contributed by atoms with van der Waals surface area (Å²) < 4.78 is 11.7. The molecule has 3 aromatic rings. The Balaban J connectivity index is 1.36. The van der Waals surface area contributed by atoms with Gasteiger partial charge in [-0.15, -0.1) is 0 Å². The predicted molar refractivity (Wildman–Crippen MR) is 177 cm³/mol. The standard InChI is InChI=1S/C37H41N3O6/c1-5-45-35(41)32-25(2)38-26(3)33(34(32)29-17-12-18-30(23-29)40(43)44)36(42)46-37(4)20-22-39(24-37)21-19-31(27-13-8-6-9-14-27)28-15-10-7-11-16-28/h6-18,23,31-32,34H,5,19-22,24H2,1-4H3. The second-order valence-electron chi connectivity index (χ2n) is 12.3. The van der Waals surface area contributed by atoms with Crippen molar-refractivity contribution in [3.63, 3.8) is 0 Å². The van der Waals surface area contributed by atoms with E-state index in [1.165, 1.54) is 23.3 Å². The quantitative estimate of drug-likeness (QED) is 0.131. The van der Waals surface area contributed by atoms with Gasteiger partial charge >= 0.3 is 11.9 Å². The average molecular weight is 624 g/mol. The maximum absolute atomic E-state index is 14.1. The van der Waals surface area contributed by atoms with Gasteiger partial charge in [0.2, 0.25) is 0 Å². The van der Waals surface area contributed by atoms with Crippen molar-refractivity contribution in [3.8, 4) is 0 Å². The number of nitro groups is 1. The third-order valence-corrected chi connectivity index (χ3v) is 9.02. The number of hydrogen-bond acceptors (Lipinski definition) is 8. The first kappa shape index (κ1) is 32.8. The number of benzene rings is 3.